The second-order valence-corrected chi connectivity index (χ2v) is 9.56. The lowest BCUT2D eigenvalue weighted by Crippen LogP contribution is -2.50. The largest absolute Gasteiger partial charge is 0.342 e. The van der Waals surface area contributed by atoms with E-state index >= 15 is 0 Å². The highest BCUT2D eigenvalue weighted by Gasteiger charge is 2.45. The van der Waals surface area contributed by atoms with Gasteiger partial charge >= 0.3 is 0 Å². The van der Waals surface area contributed by atoms with Gasteiger partial charge in [0.05, 0.1) is 6.42 Å². The van der Waals surface area contributed by atoms with Gasteiger partial charge in [0, 0.05) is 43.5 Å². The third kappa shape index (κ3) is 5.20. The molecule has 170 valence electrons. The van der Waals surface area contributed by atoms with Gasteiger partial charge in [-0.05, 0) is 55.7 Å². The number of hydrogen-bond acceptors (Lipinski definition) is 3. The van der Waals surface area contributed by atoms with Gasteiger partial charge in [-0.25, -0.2) is 0 Å². The van der Waals surface area contributed by atoms with E-state index in [9.17, 15) is 9.59 Å². The number of nitrogens with zero attached hydrogens (tertiary/aromatic N) is 3. The Hall–Kier alpha value is -2.69. The molecule has 0 saturated carbocycles. The highest BCUT2D eigenvalue weighted by atomic mass is 16.2. The van der Waals surface area contributed by atoms with Crippen LogP contribution in [0.4, 0.5) is 0 Å². The highest BCUT2D eigenvalue weighted by Crippen LogP contribution is 2.42. The molecule has 32 heavy (non-hydrogen) atoms. The van der Waals surface area contributed by atoms with E-state index in [2.05, 4.69) is 41.1 Å². The molecular weight excluding hydrogens is 398 g/mol. The summed E-state index contributed by atoms with van der Waals surface area (Å²) in [6, 6.07) is 16.1. The zero-order chi connectivity index (χ0) is 22.4. The zero-order valence-corrected chi connectivity index (χ0v) is 19.2. The maximum absolute atomic E-state index is 13.7. The van der Waals surface area contributed by atoms with Crippen molar-refractivity contribution in [3.8, 4) is 0 Å². The third-order valence-corrected chi connectivity index (χ3v) is 7.47. The number of amides is 2. The molecule has 0 unspecified atom stereocenters. The summed E-state index contributed by atoms with van der Waals surface area (Å²) >= 11 is 0. The fourth-order valence-corrected chi connectivity index (χ4v) is 5.40. The Morgan fingerprint density at radius 2 is 1.78 bits per heavy atom. The van der Waals surface area contributed by atoms with Gasteiger partial charge in [-0.15, -0.1) is 0 Å². The van der Waals surface area contributed by atoms with Crippen molar-refractivity contribution in [3.63, 3.8) is 0 Å². The van der Waals surface area contributed by atoms with Crippen LogP contribution in [0.3, 0.4) is 0 Å². The smallest absolute Gasteiger partial charge is 0.228 e. The van der Waals surface area contributed by atoms with E-state index in [1.165, 1.54) is 5.56 Å². The van der Waals surface area contributed by atoms with Crippen molar-refractivity contribution in [3.05, 3.63) is 66.0 Å². The van der Waals surface area contributed by atoms with Crippen molar-refractivity contribution in [2.24, 2.45) is 11.3 Å². The van der Waals surface area contributed by atoms with Gasteiger partial charge < -0.3 is 9.80 Å². The first-order valence-corrected chi connectivity index (χ1v) is 12.1. The summed E-state index contributed by atoms with van der Waals surface area (Å²) in [6.07, 6.45) is 7.95. The van der Waals surface area contributed by atoms with Gasteiger partial charge in [0.1, 0.15) is 0 Å². The predicted molar refractivity (Wildman–Crippen MR) is 126 cm³/mol. The maximum Gasteiger partial charge on any atom is 0.228 e. The van der Waals surface area contributed by atoms with Gasteiger partial charge in [-0.3, -0.25) is 14.6 Å². The monoisotopic (exact) mass is 433 g/mol. The highest BCUT2D eigenvalue weighted by molar-refractivity contribution is 5.83. The number of hydrogen-bond donors (Lipinski definition) is 0. The zero-order valence-electron chi connectivity index (χ0n) is 19.2. The summed E-state index contributed by atoms with van der Waals surface area (Å²) < 4.78 is 0. The summed E-state index contributed by atoms with van der Waals surface area (Å²) in [4.78, 5) is 34.8. The fraction of sp³-hybridized carbons (Fsp3) is 0.519. The van der Waals surface area contributed by atoms with Gasteiger partial charge in [-0.2, -0.15) is 0 Å². The summed E-state index contributed by atoms with van der Waals surface area (Å²) in [5, 5.41) is 0. The van der Waals surface area contributed by atoms with E-state index in [0.717, 1.165) is 70.4 Å². The van der Waals surface area contributed by atoms with Crippen LogP contribution in [0, 0.1) is 11.3 Å². The molecule has 2 aliphatic rings. The molecule has 2 aliphatic heterocycles. The first-order chi connectivity index (χ1) is 15.6. The lowest BCUT2D eigenvalue weighted by molar-refractivity contribution is -0.145. The standard InChI is InChI=1S/C27H35N3O2/c1-27(15-6-8-17-30(26(27)32)18-12-22-9-3-2-4-10-22)23-13-19-29(20-14-23)25(31)21-24-11-5-7-16-28-24/h2-5,7,9-11,16,23H,6,8,12-15,17-21H2,1H3/t27-/m1/s1. The molecule has 2 amide bonds. The lowest BCUT2D eigenvalue weighted by atomic mass is 9.69. The molecule has 0 radical (unpaired) electrons. The van der Waals surface area contributed by atoms with Crippen molar-refractivity contribution in [2.45, 2.75) is 51.9 Å². The SMILES string of the molecule is C[C@]1(C2CCN(C(=O)Cc3ccccn3)CC2)CCCCN(CCc2ccccc2)C1=O. The summed E-state index contributed by atoms with van der Waals surface area (Å²) in [5.41, 5.74) is 1.79. The number of pyridine rings is 1. The Labute approximate surface area is 191 Å². The van der Waals surface area contributed by atoms with Crippen LogP contribution in [-0.4, -0.2) is 52.8 Å². The van der Waals surface area contributed by atoms with E-state index in [1.807, 2.05) is 29.2 Å². The molecule has 2 fully saturated rings. The Balaban J connectivity index is 1.35. The topological polar surface area (TPSA) is 53.5 Å². The normalized spacial score (nSPS) is 22.6. The number of carbonyl (C=O) groups is 2. The van der Waals surface area contributed by atoms with Crippen LogP contribution in [0.2, 0.25) is 0 Å². The molecule has 4 rings (SSSR count). The van der Waals surface area contributed by atoms with E-state index in [0.29, 0.717) is 18.2 Å². The summed E-state index contributed by atoms with van der Waals surface area (Å²) in [7, 11) is 0. The number of rotatable bonds is 6. The number of piperidine rings is 1. The minimum atomic E-state index is -0.316. The first kappa shape index (κ1) is 22.5. The molecule has 1 atom stereocenters. The average molecular weight is 434 g/mol. The number of likely N-dealkylation sites (tertiary alicyclic amines) is 2. The van der Waals surface area contributed by atoms with Crippen LogP contribution in [0.25, 0.3) is 0 Å². The molecular formula is C27H35N3O2. The van der Waals surface area contributed by atoms with Gasteiger partial charge in [0.2, 0.25) is 11.8 Å². The molecule has 2 saturated heterocycles. The van der Waals surface area contributed by atoms with Crippen molar-refractivity contribution in [2.75, 3.05) is 26.2 Å². The van der Waals surface area contributed by atoms with Gasteiger partial charge in [0.15, 0.2) is 0 Å². The summed E-state index contributed by atoms with van der Waals surface area (Å²) in [6.45, 7) is 5.32. The van der Waals surface area contributed by atoms with Crippen molar-refractivity contribution in [1.82, 2.24) is 14.8 Å². The van der Waals surface area contributed by atoms with E-state index in [4.69, 9.17) is 0 Å². The first-order valence-electron chi connectivity index (χ1n) is 12.1. The third-order valence-electron chi connectivity index (χ3n) is 7.47. The number of aromatic nitrogens is 1. The molecule has 0 N–H and O–H groups in total. The quantitative estimate of drug-likeness (QED) is 0.688. The Morgan fingerprint density at radius 3 is 2.50 bits per heavy atom. The summed E-state index contributed by atoms with van der Waals surface area (Å²) in [5.74, 6) is 0.805. The van der Waals surface area contributed by atoms with Crippen LogP contribution in [0.1, 0.15) is 50.3 Å². The molecule has 5 heteroatoms. The van der Waals surface area contributed by atoms with Crippen LogP contribution in [-0.2, 0) is 22.4 Å². The van der Waals surface area contributed by atoms with Gasteiger partial charge in [0.25, 0.3) is 0 Å². The van der Waals surface area contributed by atoms with Crippen LogP contribution < -0.4 is 0 Å². The van der Waals surface area contributed by atoms with Crippen molar-refractivity contribution in [1.29, 1.82) is 0 Å². The van der Waals surface area contributed by atoms with E-state index in [-0.39, 0.29) is 11.3 Å². The maximum atomic E-state index is 13.7. The van der Waals surface area contributed by atoms with Crippen LogP contribution >= 0.6 is 0 Å². The predicted octanol–water partition coefficient (Wildman–Crippen LogP) is 4.12. The molecule has 0 bridgehead atoms. The second-order valence-electron chi connectivity index (χ2n) is 9.56. The van der Waals surface area contributed by atoms with Crippen molar-refractivity contribution >= 4 is 11.8 Å². The van der Waals surface area contributed by atoms with E-state index < -0.39 is 0 Å². The molecule has 2 aromatic rings. The molecule has 3 heterocycles. The molecule has 0 aliphatic carbocycles. The fourth-order valence-electron chi connectivity index (χ4n) is 5.40. The second kappa shape index (κ2) is 10.3. The average Bonchev–Trinajstić information content (AvgIpc) is 2.98. The van der Waals surface area contributed by atoms with Crippen molar-refractivity contribution < 1.29 is 9.59 Å². The Bertz CT molecular complexity index is 894. The Kier molecular flexibility index (Phi) is 7.23. The van der Waals surface area contributed by atoms with E-state index in [1.54, 1.807) is 6.20 Å². The van der Waals surface area contributed by atoms with Crippen LogP contribution in [0.5, 0.6) is 0 Å². The molecule has 0 spiro atoms. The number of carbonyl (C=O) groups excluding carboxylic acids is 2. The lowest BCUT2D eigenvalue weighted by Gasteiger charge is -2.43. The molecule has 1 aromatic heterocycles. The van der Waals surface area contributed by atoms with Crippen LogP contribution in [0.15, 0.2) is 54.7 Å². The molecule has 1 aromatic carbocycles. The van der Waals surface area contributed by atoms with Gasteiger partial charge in [-0.1, -0.05) is 49.7 Å². The molecule has 5 nitrogen and oxygen atoms in total. The number of benzene rings is 1. The Morgan fingerprint density at radius 1 is 1.03 bits per heavy atom. The minimum absolute atomic E-state index is 0.143. The minimum Gasteiger partial charge on any atom is -0.342 e.